The van der Waals surface area contributed by atoms with Crippen LogP contribution in [0.25, 0.3) is 10.8 Å². The van der Waals surface area contributed by atoms with Crippen LogP contribution in [0.2, 0.25) is 0 Å². The van der Waals surface area contributed by atoms with Crippen LogP contribution in [0.5, 0.6) is 0 Å². The van der Waals surface area contributed by atoms with E-state index in [4.69, 9.17) is 0 Å². The lowest BCUT2D eigenvalue weighted by Crippen LogP contribution is -2.46. The van der Waals surface area contributed by atoms with Crippen molar-refractivity contribution < 1.29 is 21.9 Å². The van der Waals surface area contributed by atoms with Crippen molar-refractivity contribution in [1.29, 1.82) is 0 Å². The van der Waals surface area contributed by atoms with Gasteiger partial charge < -0.3 is 5.11 Å². The molecule has 0 radical (unpaired) electrons. The van der Waals surface area contributed by atoms with Crippen LogP contribution in [-0.4, -0.2) is 49.9 Å². The second-order valence-corrected chi connectivity index (χ2v) is 11.3. The Balaban J connectivity index is 1.80. The highest BCUT2D eigenvalue weighted by molar-refractivity contribution is 7.92. The lowest BCUT2D eigenvalue weighted by atomic mass is 10.1. The molecular weight excluding hydrogens is 410 g/mol. The fraction of sp³-hybridized carbons (Fsp3) is 0.238. The molecule has 1 fully saturated rings. The number of sulfonamides is 1. The van der Waals surface area contributed by atoms with E-state index in [1.165, 1.54) is 6.07 Å². The maximum atomic E-state index is 13.5. The molecular formula is C21H21NO5S2. The van der Waals surface area contributed by atoms with E-state index in [2.05, 4.69) is 0 Å². The number of benzene rings is 3. The van der Waals surface area contributed by atoms with Gasteiger partial charge in [-0.1, -0.05) is 60.7 Å². The summed E-state index contributed by atoms with van der Waals surface area (Å²) in [5.74, 6) is -0.829. The first kappa shape index (κ1) is 20.0. The highest BCUT2D eigenvalue weighted by atomic mass is 32.2. The van der Waals surface area contributed by atoms with Crippen molar-refractivity contribution in [3.63, 3.8) is 0 Å². The number of nitrogens with zero attached hydrogens (tertiary/aromatic N) is 1. The Morgan fingerprint density at radius 1 is 0.897 bits per heavy atom. The number of sulfone groups is 1. The summed E-state index contributed by atoms with van der Waals surface area (Å²) >= 11 is 0. The molecule has 6 nitrogen and oxygen atoms in total. The largest absolute Gasteiger partial charge is 0.390 e. The summed E-state index contributed by atoms with van der Waals surface area (Å²) in [4.78, 5) is 0.0728. The maximum Gasteiger partial charge on any atom is 0.243 e. The standard InChI is InChI=1S/C21H21NO5S2/c23-21-15-28(24,25)14-20(21)22(13-16-6-2-1-3-7-16)29(26,27)19-11-10-17-8-4-5-9-18(17)12-19/h1-12,20-21,23H,13-15H2/t20-,21-/m0/s1. The minimum absolute atomic E-state index is 0.0206. The molecule has 1 saturated heterocycles. The van der Waals surface area contributed by atoms with Crippen LogP contribution in [0, 0.1) is 0 Å². The van der Waals surface area contributed by atoms with Gasteiger partial charge in [0.2, 0.25) is 10.0 Å². The van der Waals surface area contributed by atoms with Crippen LogP contribution >= 0.6 is 0 Å². The van der Waals surface area contributed by atoms with E-state index in [-0.39, 0.29) is 11.4 Å². The van der Waals surface area contributed by atoms with E-state index in [0.29, 0.717) is 5.56 Å². The lowest BCUT2D eigenvalue weighted by molar-refractivity contribution is 0.125. The van der Waals surface area contributed by atoms with Gasteiger partial charge in [0, 0.05) is 6.54 Å². The molecule has 0 aromatic heterocycles. The molecule has 2 atom stereocenters. The van der Waals surface area contributed by atoms with Crippen LogP contribution < -0.4 is 0 Å². The van der Waals surface area contributed by atoms with E-state index in [1.54, 1.807) is 36.4 Å². The van der Waals surface area contributed by atoms with Gasteiger partial charge in [0.05, 0.1) is 28.5 Å². The van der Waals surface area contributed by atoms with Crippen molar-refractivity contribution in [2.45, 2.75) is 23.6 Å². The zero-order valence-electron chi connectivity index (χ0n) is 15.5. The second kappa shape index (κ2) is 7.53. The summed E-state index contributed by atoms with van der Waals surface area (Å²) < 4.78 is 52.3. The zero-order chi connectivity index (χ0) is 20.6. The Morgan fingerprint density at radius 3 is 2.21 bits per heavy atom. The molecule has 1 N–H and O–H groups in total. The molecule has 29 heavy (non-hydrogen) atoms. The lowest BCUT2D eigenvalue weighted by Gasteiger charge is -2.29. The summed E-state index contributed by atoms with van der Waals surface area (Å²) in [6, 6.07) is 20.2. The van der Waals surface area contributed by atoms with Crippen LogP contribution in [0.3, 0.4) is 0 Å². The summed E-state index contributed by atoms with van der Waals surface area (Å²) in [6.45, 7) is -0.0206. The van der Waals surface area contributed by atoms with E-state index < -0.39 is 43.5 Å². The summed E-state index contributed by atoms with van der Waals surface area (Å²) in [5.41, 5.74) is 0.716. The van der Waals surface area contributed by atoms with Gasteiger partial charge in [0.1, 0.15) is 0 Å². The topological polar surface area (TPSA) is 91.8 Å². The average Bonchev–Trinajstić information content (AvgIpc) is 2.98. The molecule has 152 valence electrons. The molecule has 3 aromatic rings. The molecule has 0 amide bonds. The van der Waals surface area contributed by atoms with Gasteiger partial charge in [-0.15, -0.1) is 0 Å². The fourth-order valence-corrected chi connectivity index (χ4v) is 7.27. The third kappa shape index (κ3) is 4.06. The maximum absolute atomic E-state index is 13.5. The molecule has 4 rings (SSSR count). The number of rotatable bonds is 5. The zero-order valence-corrected chi connectivity index (χ0v) is 17.2. The van der Waals surface area contributed by atoms with Gasteiger partial charge >= 0.3 is 0 Å². The molecule has 0 saturated carbocycles. The van der Waals surface area contributed by atoms with Gasteiger partial charge in [0.15, 0.2) is 9.84 Å². The van der Waals surface area contributed by atoms with Gasteiger partial charge in [-0.25, -0.2) is 16.8 Å². The Kier molecular flexibility index (Phi) is 5.20. The fourth-order valence-electron chi connectivity index (χ4n) is 3.69. The van der Waals surface area contributed by atoms with Crippen molar-refractivity contribution in [3.05, 3.63) is 78.4 Å². The number of hydrogen-bond donors (Lipinski definition) is 1. The molecule has 1 aliphatic rings. The minimum Gasteiger partial charge on any atom is -0.390 e. The quantitative estimate of drug-likeness (QED) is 0.669. The highest BCUT2D eigenvalue weighted by Crippen LogP contribution is 2.29. The summed E-state index contributed by atoms with van der Waals surface area (Å²) in [7, 11) is -7.56. The molecule has 1 aliphatic heterocycles. The van der Waals surface area contributed by atoms with Crippen LogP contribution in [-0.2, 0) is 26.4 Å². The van der Waals surface area contributed by atoms with E-state index in [1.807, 2.05) is 30.3 Å². The molecule has 0 unspecified atom stereocenters. The third-order valence-corrected chi connectivity index (χ3v) is 8.74. The second-order valence-electron chi connectivity index (χ2n) is 7.26. The number of aliphatic hydroxyl groups excluding tert-OH is 1. The van der Waals surface area contributed by atoms with Crippen molar-refractivity contribution in [2.75, 3.05) is 11.5 Å². The molecule has 0 aliphatic carbocycles. The first-order valence-corrected chi connectivity index (χ1v) is 12.5. The van der Waals surface area contributed by atoms with Gasteiger partial charge in [-0.05, 0) is 28.5 Å². The van der Waals surface area contributed by atoms with Gasteiger partial charge in [0.25, 0.3) is 0 Å². The van der Waals surface area contributed by atoms with Crippen LogP contribution in [0.15, 0.2) is 77.7 Å². The van der Waals surface area contributed by atoms with Gasteiger partial charge in [-0.2, -0.15) is 4.31 Å². The Morgan fingerprint density at radius 2 is 1.55 bits per heavy atom. The predicted molar refractivity (Wildman–Crippen MR) is 112 cm³/mol. The first-order chi connectivity index (χ1) is 13.8. The van der Waals surface area contributed by atoms with Crippen molar-refractivity contribution in [3.8, 4) is 0 Å². The molecule has 0 spiro atoms. The third-order valence-electron chi connectivity index (χ3n) is 5.17. The monoisotopic (exact) mass is 431 g/mol. The Bertz CT molecular complexity index is 1240. The van der Waals surface area contributed by atoms with Crippen LogP contribution in [0.4, 0.5) is 0 Å². The number of aliphatic hydroxyl groups is 1. The van der Waals surface area contributed by atoms with Crippen molar-refractivity contribution in [1.82, 2.24) is 4.31 Å². The van der Waals surface area contributed by atoms with Gasteiger partial charge in [-0.3, -0.25) is 0 Å². The van der Waals surface area contributed by atoms with E-state index >= 15 is 0 Å². The Labute approximate surface area is 170 Å². The number of fused-ring (bicyclic) bond motifs is 1. The molecule has 8 heteroatoms. The van der Waals surface area contributed by atoms with E-state index in [0.717, 1.165) is 15.1 Å². The molecule has 1 heterocycles. The predicted octanol–water partition coefficient (Wildman–Crippen LogP) is 2.19. The first-order valence-electron chi connectivity index (χ1n) is 9.19. The number of hydrogen-bond acceptors (Lipinski definition) is 5. The average molecular weight is 432 g/mol. The van der Waals surface area contributed by atoms with E-state index in [9.17, 15) is 21.9 Å². The summed E-state index contributed by atoms with van der Waals surface area (Å²) in [6.07, 6.45) is -1.26. The van der Waals surface area contributed by atoms with Crippen molar-refractivity contribution >= 4 is 30.6 Å². The SMILES string of the molecule is O=S1(=O)C[C@H](O)[C@@H](N(Cc2ccccc2)S(=O)(=O)c2ccc3ccccc3c2)C1. The van der Waals surface area contributed by atoms with Crippen molar-refractivity contribution in [2.24, 2.45) is 0 Å². The Hall–Kier alpha value is -2.26. The molecule has 0 bridgehead atoms. The molecule has 3 aromatic carbocycles. The normalized spacial score (nSPS) is 21.6. The minimum atomic E-state index is -4.05. The highest BCUT2D eigenvalue weighted by Gasteiger charge is 2.44. The smallest absolute Gasteiger partial charge is 0.243 e. The van der Waals surface area contributed by atoms with Crippen LogP contribution in [0.1, 0.15) is 5.56 Å². The summed E-state index contributed by atoms with van der Waals surface area (Å²) in [5, 5.41) is 12.0.